The van der Waals surface area contributed by atoms with E-state index in [4.69, 9.17) is 8.83 Å². The second-order valence-electron chi connectivity index (χ2n) is 14.2. The Hall–Kier alpha value is -7.36. The van der Waals surface area contributed by atoms with Crippen LogP contribution in [0.2, 0.25) is 0 Å². The number of hydrogen-bond donors (Lipinski definition) is 0. The van der Waals surface area contributed by atoms with Crippen LogP contribution in [0.15, 0.2) is 209 Å². The maximum Gasteiger partial charge on any atom is 0.136 e. The predicted molar refractivity (Wildman–Crippen MR) is 229 cm³/mol. The van der Waals surface area contributed by atoms with Crippen LogP contribution in [0.5, 0.6) is 0 Å². The number of para-hydroxylation sites is 2. The van der Waals surface area contributed by atoms with Gasteiger partial charge >= 0.3 is 0 Å². The fourth-order valence-electron chi connectivity index (χ4n) is 8.04. The molecular weight excluding hydrogens is 671 g/mol. The molecule has 0 N–H and O–H groups in total. The second kappa shape index (κ2) is 12.6. The maximum atomic E-state index is 6.22. The third kappa shape index (κ3) is 5.45. The van der Waals surface area contributed by atoms with Crippen molar-refractivity contribution in [2.75, 3.05) is 4.90 Å². The Balaban J connectivity index is 0.960. The van der Waals surface area contributed by atoms with Crippen molar-refractivity contribution in [2.45, 2.75) is 0 Å². The quantitative estimate of drug-likeness (QED) is 0.173. The Labute approximate surface area is 317 Å². The molecule has 0 radical (unpaired) electrons. The van der Waals surface area contributed by atoms with Gasteiger partial charge in [-0.05, 0) is 123 Å². The predicted octanol–water partition coefficient (Wildman–Crippen LogP) is 15.1. The normalized spacial score (nSPS) is 11.6. The number of furan rings is 2. The van der Waals surface area contributed by atoms with E-state index in [2.05, 4.69) is 181 Å². The first-order chi connectivity index (χ1) is 27.2. The Morgan fingerprint density at radius 1 is 0.255 bits per heavy atom. The SMILES string of the molecule is c1ccc2cc(-c3ccc(N(c4ccc(-c5ccc6c(c5)oc5ccccc56)cc4)c4ccc(-c5ccc6c(c5)oc5ccccc56)cc4)cc3)ccc2c1. The van der Waals surface area contributed by atoms with Gasteiger partial charge in [-0.15, -0.1) is 0 Å². The molecular formula is C52H33NO2. The van der Waals surface area contributed by atoms with E-state index in [1.54, 1.807) is 0 Å². The van der Waals surface area contributed by atoms with Crippen molar-refractivity contribution in [1.29, 1.82) is 0 Å². The zero-order valence-electron chi connectivity index (χ0n) is 29.8. The van der Waals surface area contributed by atoms with E-state index < -0.39 is 0 Å². The van der Waals surface area contributed by atoms with Crippen LogP contribution in [0, 0.1) is 0 Å². The van der Waals surface area contributed by atoms with E-state index >= 15 is 0 Å². The summed E-state index contributed by atoms with van der Waals surface area (Å²) in [7, 11) is 0. The van der Waals surface area contributed by atoms with Gasteiger partial charge in [0.1, 0.15) is 22.3 Å². The number of nitrogens with zero attached hydrogens (tertiary/aromatic N) is 1. The van der Waals surface area contributed by atoms with Crippen molar-refractivity contribution in [3.05, 3.63) is 200 Å². The Kier molecular flexibility index (Phi) is 7.17. The van der Waals surface area contributed by atoms with E-state index in [9.17, 15) is 0 Å². The molecule has 2 heterocycles. The fourth-order valence-corrected chi connectivity index (χ4v) is 8.04. The van der Waals surface area contributed by atoms with Gasteiger partial charge in [-0.2, -0.15) is 0 Å². The second-order valence-corrected chi connectivity index (χ2v) is 14.2. The first-order valence-corrected chi connectivity index (χ1v) is 18.6. The number of benzene rings is 9. The highest BCUT2D eigenvalue weighted by Crippen LogP contribution is 2.40. The molecule has 11 rings (SSSR count). The van der Waals surface area contributed by atoms with Gasteiger partial charge < -0.3 is 13.7 Å². The minimum atomic E-state index is 0.899. The number of hydrogen-bond acceptors (Lipinski definition) is 3. The highest BCUT2D eigenvalue weighted by molar-refractivity contribution is 6.07. The van der Waals surface area contributed by atoms with Crippen LogP contribution in [-0.4, -0.2) is 0 Å². The summed E-state index contributed by atoms with van der Waals surface area (Å²) in [6.07, 6.45) is 0. The molecule has 55 heavy (non-hydrogen) atoms. The summed E-state index contributed by atoms with van der Waals surface area (Å²) in [5, 5.41) is 7.04. The molecule has 11 aromatic rings. The Morgan fingerprint density at radius 3 is 1.11 bits per heavy atom. The van der Waals surface area contributed by atoms with E-state index in [1.165, 1.54) is 21.9 Å². The van der Waals surface area contributed by atoms with Gasteiger partial charge in [0.2, 0.25) is 0 Å². The van der Waals surface area contributed by atoms with Crippen LogP contribution in [0.4, 0.5) is 17.1 Å². The van der Waals surface area contributed by atoms with E-state index in [0.717, 1.165) is 83.2 Å². The van der Waals surface area contributed by atoms with E-state index in [-0.39, 0.29) is 0 Å². The van der Waals surface area contributed by atoms with Crippen LogP contribution in [-0.2, 0) is 0 Å². The summed E-state index contributed by atoms with van der Waals surface area (Å²) in [6.45, 7) is 0. The van der Waals surface area contributed by atoms with Gasteiger partial charge in [-0.25, -0.2) is 0 Å². The van der Waals surface area contributed by atoms with Gasteiger partial charge in [-0.1, -0.05) is 121 Å². The zero-order valence-corrected chi connectivity index (χ0v) is 29.8. The highest BCUT2D eigenvalue weighted by Gasteiger charge is 2.15. The molecule has 0 aliphatic heterocycles. The third-order valence-electron chi connectivity index (χ3n) is 10.9. The van der Waals surface area contributed by atoms with E-state index in [1.807, 2.05) is 24.3 Å². The fraction of sp³-hybridized carbons (Fsp3) is 0. The number of rotatable bonds is 6. The molecule has 0 fully saturated rings. The zero-order chi connectivity index (χ0) is 36.3. The van der Waals surface area contributed by atoms with Crippen molar-refractivity contribution in [1.82, 2.24) is 0 Å². The molecule has 0 aliphatic rings. The monoisotopic (exact) mass is 703 g/mol. The lowest BCUT2D eigenvalue weighted by molar-refractivity contribution is 0.668. The summed E-state index contributed by atoms with van der Waals surface area (Å²) in [5.41, 5.74) is 13.7. The Morgan fingerprint density at radius 2 is 0.618 bits per heavy atom. The largest absolute Gasteiger partial charge is 0.456 e. The average Bonchev–Trinajstić information content (AvgIpc) is 3.82. The third-order valence-corrected chi connectivity index (χ3v) is 10.9. The van der Waals surface area contributed by atoms with Crippen LogP contribution in [0.25, 0.3) is 88.0 Å². The van der Waals surface area contributed by atoms with Gasteiger partial charge in [0.05, 0.1) is 0 Å². The van der Waals surface area contributed by atoms with Crippen molar-refractivity contribution >= 4 is 71.7 Å². The average molecular weight is 704 g/mol. The maximum absolute atomic E-state index is 6.22. The molecule has 0 atom stereocenters. The molecule has 0 bridgehead atoms. The number of anilines is 3. The summed E-state index contributed by atoms with van der Waals surface area (Å²) >= 11 is 0. The topological polar surface area (TPSA) is 29.5 Å². The van der Waals surface area contributed by atoms with Crippen LogP contribution in [0.3, 0.4) is 0 Å². The highest BCUT2D eigenvalue weighted by atomic mass is 16.3. The van der Waals surface area contributed by atoms with Crippen LogP contribution >= 0.6 is 0 Å². The van der Waals surface area contributed by atoms with Gasteiger partial charge in [0, 0.05) is 38.6 Å². The molecule has 3 nitrogen and oxygen atoms in total. The van der Waals surface area contributed by atoms with Crippen molar-refractivity contribution < 1.29 is 8.83 Å². The molecule has 0 saturated carbocycles. The lowest BCUT2D eigenvalue weighted by atomic mass is 10.00. The molecule has 0 saturated heterocycles. The van der Waals surface area contributed by atoms with E-state index in [0.29, 0.717) is 0 Å². The van der Waals surface area contributed by atoms with Crippen molar-refractivity contribution in [2.24, 2.45) is 0 Å². The summed E-state index contributed by atoms with van der Waals surface area (Å²) in [5.74, 6) is 0. The minimum absolute atomic E-state index is 0.899. The van der Waals surface area contributed by atoms with Crippen molar-refractivity contribution in [3.8, 4) is 33.4 Å². The van der Waals surface area contributed by atoms with Crippen LogP contribution < -0.4 is 4.90 Å². The minimum Gasteiger partial charge on any atom is -0.456 e. The first kappa shape index (κ1) is 31.2. The van der Waals surface area contributed by atoms with Gasteiger partial charge in [-0.3, -0.25) is 0 Å². The molecule has 9 aromatic carbocycles. The smallest absolute Gasteiger partial charge is 0.136 e. The molecule has 258 valence electrons. The molecule has 3 heteroatoms. The van der Waals surface area contributed by atoms with Gasteiger partial charge in [0.25, 0.3) is 0 Å². The Bertz CT molecular complexity index is 3030. The molecule has 0 spiro atoms. The molecule has 0 unspecified atom stereocenters. The van der Waals surface area contributed by atoms with Crippen LogP contribution in [0.1, 0.15) is 0 Å². The summed E-state index contributed by atoms with van der Waals surface area (Å²) in [6, 6.07) is 71.1. The first-order valence-electron chi connectivity index (χ1n) is 18.6. The standard InChI is InChI=1S/C52H33NO2/c1-2-8-38-31-39(14-13-34(38)7-1)35-15-23-42(24-16-35)53(43-25-17-36(18-26-43)40-21-29-47-45-9-3-5-11-49(45)54-51(47)32-40)44-27-19-37(20-28-44)41-22-30-48-46-10-4-6-12-50(46)55-52(48)33-41/h1-33H. The molecule has 0 amide bonds. The lowest BCUT2D eigenvalue weighted by Gasteiger charge is -2.26. The van der Waals surface area contributed by atoms with Crippen molar-refractivity contribution in [3.63, 3.8) is 0 Å². The summed E-state index contributed by atoms with van der Waals surface area (Å²) in [4.78, 5) is 2.32. The molecule has 2 aromatic heterocycles. The van der Waals surface area contributed by atoms with Gasteiger partial charge in [0.15, 0.2) is 0 Å². The number of fused-ring (bicyclic) bond motifs is 7. The molecule has 0 aliphatic carbocycles. The lowest BCUT2D eigenvalue weighted by Crippen LogP contribution is -2.09. The summed E-state index contributed by atoms with van der Waals surface area (Å²) < 4.78 is 12.4.